The molecule has 0 bridgehead atoms. The molecular formula is C13H28NO3PS. The maximum Gasteiger partial charge on any atom is 0.346 e. The van der Waals surface area contributed by atoms with E-state index in [0.717, 1.165) is 19.3 Å². The molecule has 2 N–H and O–H groups in total. The van der Waals surface area contributed by atoms with Crippen LogP contribution in [0.1, 0.15) is 60.8 Å². The summed E-state index contributed by atoms with van der Waals surface area (Å²) in [6, 6.07) is 0. The van der Waals surface area contributed by atoms with Gasteiger partial charge in [0.2, 0.25) is 0 Å². The summed E-state index contributed by atoms with van der Waals surface area (Å²) in [5.41, 5.74) is 0. The number of hydrogen-bond acceptors (Lipinski definition) is 4. The fourth-order valence-electron chi connectivity index (χ4n) is 2.48. The Bertz CT molecular complexity index is 358. The van der Waals surface area contributed by atoms with Crippen LogP contribution in [0.3, 0.4) is 0 Å². The van der Waals surface area contributed by atoms with Gasteiger partial charge in [0.05, 0.1) is 11.0 Å². The van der Waals surface area contributed by atoms with E-state index >= 15 is 0 Å². The van der Waals surface area contributed by atoms with Gasteiger partial charge in [0, 0.05) is 4.75 Å². The third-order valence-electron chi connectivity index (χ3n) is 3.89. The molecule has 114 valence electrons. The van der Waals surface area contributed by atoms with E-state index in [4.69, 9.17) is 4.52 Å². The highest BCUT2D eigenvalue weighted by atomic mass is 32.2. The van der Waals surface area contributed by atoms with Crippen molar-refractivity contribution >= 4 is 19.4 Å². The summed E-state index contributed by atoms with van der Waals surface area (Å²) in [6.07, 6.45) is 2.39. The molecule has 1 saturated heterocycles. The van der Waals surface area contributed by atoms with Crippen molar-refractivity contribution in [2.75, 3.05) is 0 Å². The summed E-state index contributed by atoms with van der Waals surface area (Å²) < 4.78 is 17.7. The van der Waals surface area contributed by atoms with Crippen LogP contribution in [0.5, 0.6) is 0 Å². The maximum atomic E-state index is 12.6. The minimum Gasteiger partial charge on any atom is -0.323 e. The number of thioether (sulfide) groups is 1. The van der Waals surface area contributed by atoms with Gasteiger partial charge in [-0.2, -0.15) is 0 Å². The lowest BCUT2D eigenvalue weighted by Gasteiger charge is -2.30. The monoisotopic (exact) mass is 309 g/mol. The Labute approximate surface area is 121 Å². The van der Waals surface area contributed by atoms with Crippen molar-refractivity contribution < 1.29 is 14.0 Å². The zero-order chi connectivity index (χ0) is 14.9. The van der Waals surface area contributed by atoms with Gasteiger partial charge in [0.25, 0.3) is 0 Å². The van der Waals surface area contributed by atoms with Gasteiger partial charge < -0.3 is 9.42 Å². The molecule has 4 nitrogen and oxygen atoms in total. The van der Waals surface area contributed by atoms with E-state index in [2.05, 4.69) is 19.2 Å². The molecule has 0 spiro atoms. The largest absolute Gasteiger partial charge is 0.346 e. The molecule has 1 heterocycles. The number of hydrogen-bond donors (Lipinski definition) is 2. The molecule has 3 atom stereocenters. The number of nitrogens with one attached hydrogen (secondary N) is 1. The highest BCUT2D eigenvalue weighted by molar-refractivity contribution is 8.02. The van der Waals surface area contributed by atoms with Gasteiger partial charge in [0.15, 0.2) is 0 Å². The van der Waals surface area contributed by atoms with Gasteiger partial charge in [-0.25, -0.2) is 0 Å². The normalized spacial score (nSPS) is 29.9. The molecule has 1 aliphatic rings. The summed E-state index contributed by atoms with van der Waals surface area (Å²) in [6.45, 7) is 12.1. The summed E-state index contributed by atoms with van der Waals surface area (Å²) in [4.78, 5) is 10.2. The van der Waals surface area contributed by atoms with Gasteiger partial charge in [0.1, 0.15) is 5.78 Å². The van der Waals surface area contributed by atoms with Gasteiger partial charge in [-0.1, -0.05) is 20.8 Å². The van der Waals surface area contributed by atoms with E-state index in [1.165, 1.54) is 0 Å². The summed E-state index contributed by atoms with van der Waals surface area (Å²) in [5.74, 6) is -0.515. The van der Waals surface area contributed by atoms with Crippen molar-refractivity contribution in [2.24, 2.45) is 0 Å². The zero-order valence-electron chi connectivity index (χ0n) is 12.9. The molecule has 1 aliphatic heterocycles. The molecule has 1 rings (SSSR count). The summed E-state index contributed by atoms with van der Waals surface area (Å²) >= 11 is 1.76. The highest BCUT2D eigenvalue weighted by Crippen LogP contribution is 2.61. The lowest BCUT2D eigenvalue weighted by Crippen LogP contribution is -2.43. The standard InChI is InChI=1S/C13H28NO3PS/c1-7-10(4)17-18(15,16)11-12(5,6)19-13(8-2,9-3)14-11/h10-11,14H,7-9H2,1-6H3,(H,15,16). The van der Waals surface area contributed by atoms with Crippen molar-refractivity contribution in [3.05, 3.63) is 0 Å². The summed E-state index contributed by atoms with van der Waals surface area (Å²) in [5, 5.41) is 3.39. The Morgan fingerprint density at radius 1 is 1.37 bits per heavy atom. The second kappa shape index (κ2) is 6.07. The van der Waals surface area contributed by atoms with Gasteiger partial charge >= 0.3 is 7.60 Å². The van der Waals surface area contributed by atoms with Crippen LogP contribution in [-0.4, -0.2) is 26.4 Å². The molecule has 0 aromatic heterocycles. The molecule has 0 aromatic rings. The fraction of sp³-hybridized carbons (Fsp3) is 1.00. The molecule has 3 unspecified atom stereocenters. The molecule has 0 aliphatic carbocycles. The molecule has 0 radical (unpaired) electrons. The topological polar surface area (TPSA) is 58.6 Å². The predicted molar refractivity (Wildman–Crippen MR) is 82.6 cm³/mol. The van der Waals surface area contributed by atoms with Crippen LogP contribution in [0, 0.1) is 0 Å². The second-order valence-electron chi connectivity index (χ2n) is 5.84. The van der Waals surface area contributed by atoms with Gasteiger partial charge in [-0.3, -0.25) is 9.88 Å². The first-order valence-electron chi connectivity index (χ1n) is 7.11. The maximum absolute atomic E-state index is 12.6. The Morgan fingerprint density at radius 2 is 1.89 bits per heavy atom. The molecule has 6 heteroatoms. The van der Waals surface area contributed by atoms with Crippen molar-refractivity contribution in [2.45, 2.75) is 82.3 Å². The van der Waals surface area contributed by atoms with Gasteiger partial charge in [-0.05, 0) is 40.0 Å². The van der Waals surface area contributed by atoms with E-state index in [0.29, 0.717) is 0 Å². The van der Waals surface area contributed by atoms with E-state index in [9.17, 15) is 9.46 Å². The SMILES string of the molecule is CCC(C)OP(=O)(O)C1NC(CC)(CC)SC1(C)C. The molecule has 0 saturated carbocycles. The van der Waals surface area contributed by atoms with Crippen LogP contribution in [-0.2, 0) is 9.09 Å². The second-order valence-corrected chi connectivity index (χ2v) is 9.74. The third kappa shape index (κ3) is 3.76. The van der Waals surface area contributed by atoms with Crippen LogP contribution >= 0.6 is 19.4 Å². The van der Waals surface area contributed by atoms with Crippen molar-refractivity contribution in [3.8, 4) is 0 Å². The highest BCUT2D eigenvalue weighted by Gasteiger charge is 2.56. The lowest BCUT2D eigenvalue weighted by atomic mass is 10.1. The van der Waals surface area contributed by atoms with Crippen molar-refractivity contribution in [1.82, 2.24) is 5.32 Å². The van der Waals surface area contributed by atoms with E-state index < -0.39 is 13.4 Å². The Kier molecular flexibility index (Phi) is 5.59. The van der Waals surface area contributed by atoms with Crippen LogP contribution in [0.2, 0.25) is 0 Å². The first-order chi connectivity index (χ1) is 8.62. The van der Waals surface area contributed by atoms with E-state index in [1.807, 2.05) is 27.7 Å². The van der Waals surface area contributed by atoms with Crippen LogP contribution in [0.15, 0.2) is 0 Å². The molecule has 0 aromatic carbocycles. The van der Waals surface area contributed by atoms with Crippen molar-refractivity contribution in [1.29, 1.82) is 0 Å². The molecular weight excluding hydrogens is 281 g/mol. The summed E-state index contributed by atoms with van der Waals surface area (Å²) in [7, 11) is -3.67. The minimum atomic E-state index is -3.67. The Morgan fingerprint density at radius 3 is 2.26 bits per heavy atom. The molecule has 19 heavy (non-hydrogen) atoms. The van der Waals surface area contributed by atoms with E-state index in [-0.39, 0.29) is 15.7 Å². The van der Waals surface area contributed by atoms with Gasteiger partial charge in [-0.15, -0.1) is 11.8 Å². The van der Waals surface area contributed by atoms with Crippen molar-refractivity contribution in [3.63, 3.8) is 0 Å². The Balaban J connectivity index is 2.96. The van der Waals surface area contributed by atoms with Crippen LogP contribution < -0.4 is 5.32 Å². The third-order valence-corrected chi connectivity index (χ3v) is 8.00. The van der Waals surface area contributed by atoms with Crippen LogP contribution in [0.4, 0.5) is 0 Å². The zero-order valence-corrected chi connectivity index (χ0v) is 14.6. The first kappa shape index (κ1) is 17.5. The first-order valence-corrected chi connectivity index (χ1v) is 9.57. The Hall–Kier alpha value is 0.460. The lowest BCUT2D eigenvalue weighted by molar-refractivity contribution is 0.173. The number of rotatable bonds is 6. The quantitative estimate of drug-likeness (QED) is 0.728. The molecule has 0 amide bonds. The predicted octanol–water partition coefficient (Wildman–Crippen LogP) is 3.94. The fourth-order valence-corrected chi connectivity index (χ4v) is 6.75. The minimum absolute atomic E-state index is 0.120. The molecule has 1 fully saturated rings. The van der Waals surface area contributed by atoms with E-state index in [1.54, 1.807) is 11.8 Å². The smallest absolute Gasteiger partial charge is 0.323 e. The average molecular weight is 309 g/mol. The average Bonchev–Trinajstić information content (AvgIpc) is 2.61. The van der Waals surface area contributed by atoms with Crippen LogP contribution in [0.25, 0.3) is 0 Å².